The monoisotopic (exact) mass is 446 g/mol. The van der Waals surface area contributed by atoms with Gasteiger partial charge in [0.25, 0.3) is 5.91 Å². The zero-order valence-electron chi connectivity index (χ0n) is 17.3. The average molecular weight is 447 g/mol. The van der Waals surface area contributed by atoms with Gasteiger partial charge in [-0.15, -0.1) is 0 Å². The molecule has 3 aromatic carbocycles. The van der Waals surface area contributed by atoms with Gasteiger partial charge in [-0.05, 0) is 58.1 Å². The van der Waals surface area contributed by atoms with Crippen LogP contribution in [0.5, 0.6) is 0 Å². The Hall–Kier alpha value is -3.58. The van der Waals surface area contributed by atoms with Crippen molar-refractivity contribution in [3.8, 4) is 0 Å². The van der Waals surface area contributed by atoms with Gasteiger partial charge < -0.3 is 9.32 Å². The molecule has 0 atom stereocenters. The van der Waals surface area contributed by atoms with E-state index in [0.717, 1.165) is 27.5 Å². The third kappa shape index (κ3) is 4.11. The van der Waals surface area contributed by atoms with Crippen LogP contribution in [0.2, 0.25) is 0 Å². The molecule has 0 bridgehead atoms. The standard InChI is InChI=1S/C25H22N2O4S/c28-25(24-9-4-14-31-24)27-13-12-18-10-11-22(15-21(18)16-27)26-32(29,30)17-20-7-3-6-19-5-1-2-8-23(19)20/h1-11,14-15,26H,12-13,16-17H2. The summed E-state index contributed by atoms with van der Waals surface area (Å²) in [5.41, 5.74) is 3.30. The lowest BCUT2D eigenvalue weighted by molar-refractivity contribution is 0.0702. The number of fused-ring (bicyclic) bond motifs is 2. The molecule has 0 saturated heterocycles. The fourth-order valence-corrected chi connectivity index (χ4v) is 5.41. The molecule has 0 aliphatic carbocycles. The number of carbonyl (C=O) groups is 1. The average Bonchev–Trinajstić information content (AvgIpc) is 3.33. The van der Waals surface area contributed by atoms with Crippen LogP contribution < -0.4 is 4.72 Å². The van der Waals surface area contributed by atoms with Crippen molar-refractivity contribution < 1.29 is 17.6 Å². The van der Waals surface area contributed by atoms with E-state index in [1.807, 2.05) is 54.6 Å². The summed E-state index contributed by atoms with van der Waals surface area (Å²) in [5.74, 6) is 0.0251. The second-order valence-corrected chi connectivity index (χ2v) is 9.66. The smallest absolute Gasteiger partial charge is 0.289 e. The number of benzene rings is 3. The molecule has 0 spiro atoms. The maximum absolute atomic E-state index is 12.9. The second kappa shape index (κ2) is 8.16. The molecule has 7 heteroatoms. The quantitative estimate of drug-likeness (QED) is 0.487. The third-order valence-electron chi connectivity index (χ3n) is 5.74. The van der Waals surface area contributed by atoms with Gasteiger partial charge in [-0.1, -0.05) is 48.5 Å². The molecule has 0 unspecified atom stereocenters. The van der Waals surface area contributed by atoms with Crippen LogP contribution in [0.25, 0.3) is 10.8 Å². The molecular formula is C25H22N2O4S. The molecule has 32 heavy (non-hydrogen) atoms. The van der Waals surface area contributed by atoms with Gasteiger partial charge in [0.2, 0.25) is 10.0 Å². The first-order valence-corrected chi connectivity index (χ1v) is 12.1. The maximum atomic E-state index is 12.9. The van der Waals surface area contributed by atoms with Gasteiger partial charge in [0, 0.05) is 18.8 Å². The van der Waals surface area contributed by atoms with Crippen molar-refractivity contribution in [2.75, 3.05) is 11.3 Å². The summed E-state index contributed by atoms with van der Waals surface area (Å²) < 4.78 is 33.8. The van der Waals surface area contributed by atoms with Crippen LogP contribution in [0.15, 0.2) is 83.5 Å². The minimum Gasteiger partial charge on any atom is -0.459 e. The van der Waals surface area contributed by atoms with Crippen LogP contribution in [-0.2, 0) is 28.7 Å². The zero-order valence-corrected chi connectivity index (χ0v) is 18.1. The summed E-state index contributed by atoms with van der Waals surface area (Å²) in [5, 5.41) is 1.94. The molecule has 1 aliphatic heterocycles. The normalized spacial score (nSPS) is 13.7. The van der Waals surface area contributed by atoms with Crippen LogP contribution in [0.4, 0.5) is 5.69 Å². The van der Waals surface area contributed by atoms with E-state index in [0.29, 0.717) is 31.0 Å². The van der Waals surface area contributed by atoms with Gasteiger partial charge in [-0.2, -0.15) is 0 Å². The largest absolute Gasteiger partial charge is 0.459 e. The fraction of sp³-hybridized carbons (Fsp3) is 0.160. The predicted molar refractivity (Wildman–Crippen MR) is 124 cm³/mol. The lowest BCUT2D eigenvalue weighted by Crippen LogP contribution is -2.35. The van der Waals surface area contributed by atoms with Crippen molar-refractivity contribution in [1.82, 2.24) is 4.90 Å². The van der Waals surface area contributed by atoms with E-state index < -0.39 is 10.0 Å². The van der Waals surface area contributed by atoms with E-state index in [2.05, 4.69) is 4.72 Å². The van der Waals surface area contributed by atoms with Crippen LogP contribution in [0, 0.1) is 0 Å². The highest BCUT2D eigenvalue weighted by Gasteiger charge is 2.24. The number of hydrogen-bond donors (Lipinski definition) is 1. The second-order valence-electron chi connectivity index (χ2n) is 7.94. The van der Waals surface area contributed by atoms with Crippen molar-refractivity contribution in [2.24, 2.45) is 0 Å². The molecule has 2 heterocycles. The first-order valence-electron chi connectivity index (χ1n) is 10.4. The Balaban J connectivity index is 1.35. The van der Waals surface area contributed by atoms with E-state index in [1.165, 1.54) is 6.26 Å². The number of sulfonamides is 1. The maximum Gasteiger partial charge on any atom is 0.289 e. The van der Waals surface area contributed by atoms with Crippen molar-refractivity contribution in [1.29, 1.82) is 0 Å². The summed E-state index contributed by atoms with van der Waals surface area (Å²) in [6.45, 7) is 1.01. The number of nitrogens with one attached hydrogen (secondary N) is 1. The van der Waals surface area contributed by atoms with Crippen LogP contribution in [-0.4, -0.2) is 25.8 Å². The molecular weight excluding hydrogens is 424 g/mol. The molecule has 0 radical (unpaired) electrons. The number of furan rings is 1. The Labute approximate surface area is 186 Å². The fourth-order valence-electron chi connectivity index (χ4n) is 4.19. The van der Waals surface area contributed by atoms with E-state index in [9.17, 15) is 13.2 Å². The molecule has 6 nitrogen and oxygen atoms in total. The lowest BCUT2D eigenvalue weighted by Gasteiger charge is -2.28. The van der Waals surface area contributed by atoms with Gasteiger partial charge in [-0.25, -0.2) is 8.42 Å². The summed E-state index contributed by atoms with van der Waals surface area (Å²) in [7, 11) is -3.62. The van der Waals surface area contributed by atoms with Gasteiger partial charge in [0.1, 0.15) is 0 Å². The van der Waals surface area contributed by atoms with Crippen molar-refractivity contribution in [3.05, 3.63) is 102 Å². The van der Waals surface area contributed by atoms with Crippen molar-refractivity contribution in [2.45, 2.75) is 18.7 Å². The van der Waals surface area contributed by atoms with Crippen LogP contribution in [0.1, 0.15) is 27.2 Å². The first kappa shape index (κ1) is 20.3. The van der Waals surface area contributed by atoms with E-state index in [1.54, 1.807) is 23.1 Å². The van der Waals surface area contributed by atoms with E-state index in [-0.39, 0.29) is 11.7 Å². The summed E-state index contributed by atoms with van der Waals surface area (Å²) in [4.78, 5) is 14.3. The molecule has 162 valence electrons. The highest BCUT2D eigenvalue weighted by Crippen LogP contribution is 2.26. The first-order chi connectivity index (χ1) is 15.5. The zero-order chi connectivity index (χ0) is 22.1. The Morgan fingerprint density at radius 3 is 2.66 bits per heavy atom. The summed E-state index contributed by atoms with van der Waals surface area (Å²) in [6, 6.07) is 22.3. The third-order valence-corrected chi connectivity index (χ3v) is 6.97. The van der Waals surface area contributed by atoms with Crippen LogP contribution >= 0.6 is 0 Å². The molecule has 1 N–H and O–H groups in total. The minimum absolute atomic E-state index is 0.117. The highest BCUT2D eigenvalue weighted by atomic mass is 32.2. The minimum atomic E-state index is -3.62. The SMILES string of the molecule is O=C(c1ccco1)N1CCc2ccc(NS(=O)(=O)Cc3cccc4ccccc34)cc2C1. The topological polar surface area (TPSA) is 79.6 Å². The Kier molecular flexibility index (Phi) is 5.19. The van der Waals surface area contributed by atoms with Crippen molar-refractivity contribution in [3.63, 3.8) is 0 Å². The molecule has 0 fully saturated rings. The summed E-state index contributed by atoms with van der Waals surface area (Å²) in [6.07, 6.45) is 2.19. The molecule has 1 amide bonds. The number of anilines is 1. The summed E-state index contributed by atoms with van der Waals surface area (Å²) >= 11 is 0. The van der Waals surface area contributed by atoms with E-state index in [4.69, 9.17) is 4.42 Å². The molecule has 4 aromatic rings. The van der Waals surface area contributed by atoms with Gasteiger partial charge in [0.15, 0.2) is 5.76 Å². The molecule has 1 aromatic heterocycles. The number of nitrogens with zero attached hydrogens (tertiary/aromatic N) is 1. The number of amides is 1. The molecule has 5 rings (SSSR count). The lowest BCUT2D eigenvalue weighted by atomic mass is 9.99. The number of rotatable bonds is 5. The number of carbonyl (C=O) groups excluding carboxylic acids is 1. The van der Waals surface area contributed by atoms with Crippen molar-refractivity contribution >= 4 is 32.4 Å². The Morgan fingerprint density at radius 1 is 0.969 bits per heavy atom. The van der Waals surface area contributed by atoms with Gasteiger partial charge in [0.05, 0.1) is 12.0 Å². The predicted octanol–water partition coefficient (Wildman–Crippen LogP) is 4.57. The van der Waals surface area contributed by atoms with E-state index >= 15 is 0 Å². The highest BCUT2D eigenvalue weighted by molar-refractivity contribution is 7.91. The van der Waals surface area contributed by atoms with Gasteiger partial charge >= 0.3 is 0 Å². The molecule has 1 aliphatic rings. The Bertz CT molecular complexity index is 1390. The van der Waals surface area contributed by atoms with Gasteiger partial charge in [-0.3, -0.25) is 9.52 Å². The number of hydrogen-bond acceptors (Lipinski definition) is 4. The Morgan fingerprint density at radius 2 is 1.81 bits per heavy atom. The van der Waals surface area contributed by atoms with Crippen LogP contribution in [0.3, 0.4) is 0 Å². The molecule has 0 saturated carbocycles.